The van der Waals surface area contributed by atoms with Gasteiger partial charge in [0.1, 0.15) is 5.54 Å². The summed E-state index contributed by atoms with van der Waals surface area (Å²) in [6, 6.07) is 4.96. The first kappa shape index (κ1) is 13.0. The number of amides is 2. The van der Waals surface area contributed by atoms with Gasteiger partial charge in [0.25, 0.3) is 5.91 Å². The number of primary amides is 1. The summed E-state index contributed by atoms with van der Waals surface area (Å²) in [7, 11) is 0. The van der Waals surface area contributed by atoms with Crippen LogP contribution in [0.4, 0.5) is 5.69 Å². The van der Waals surface area contributed by atoms with Crippen molar-refractivity contribution in [1.29, 1.82) is 0 Å². The van der Waals surface area contributed by atoms with Gasteiger partial charge >= 0.3 is 0 Å². The molecule has 0 aliphatic carbocycles. The molecule has 0 heterocycles. The van der Waals surface area contributed by atoms with Crippen LogP contribution in [0.3, 0.4) is 0 Å². The maximum Gasteiger partial charge on any atom is 0.252 e. The lowest BCUT2D eigenvalue weighted by Crippen LogP contribution is -2.53. The van der Waals surface area contributed by atoms with E-state index in [2.05, 4.69) is 5.32 Å². The van der Waals surface area contributed by atoms with Crippen molar-refractivity contribution in [2.75, 3.05) is 5.73 Å². The zero-order valence-electron chi connectivity index (χ0n) is 10.2. The van der Waals surface area contributed by atoms with Crippen LogP contribution in [-0.2, 0) is 4.79 Å². The number of nitrogens with two attached hydrogens (primary N) is 2. The molecule has 0 aliphatic heterocycles. The van der Waals surface area contributed by atoms with Gasteiger partial charge in [-0.3, -0.25) is 9.59 Å². The summed E-state index contributed by atoms with van der Waals surface area (Å²) < 4.78 is 0. The third-order valence-electron chi connectivity index (χ3n) is 2.54. The molecule has 5 heteroatoms. The summed E-state index contributed by atoms with van der Waals surface area (Å²) in [6.45, 7) is 4.89. The minimum absolute atomic E-state index is 0.341. The number of benzene rings is 1. The van der Waals surface area contributed by atoms with Crippen LogP contribution in [0, 0.1) is 6.92 Å². The average Bonchev–Trinajstić information content (AvgIpc) is 2.15. The number of nitrogens with one attached hydrogen (secondary N) is 1. The maximum atomic E-state index is 11.9. The second-order valence-corrected chi connectivity index (χ2v) is 4.52. The molecular weight excluding hydrogens is 218 g/mol. The van der Waals surface area contributed by atoms with Crippen LogP contribution in [0.1, 0.15) is 29.8 Å². The van der Waals surface area contributed by atoms with Crippen LogP contribution in [0.15, 0.2) is 18.2 Å². The molecule has 92 valence electrons. The fraction of sp³-hybridized carbons (Fsp3) is 0.333. The smallest absolute Gasteiger partial charge is 0.252 e. The van der Waals surface area contributed by atoms with Gasteiger partial charge in [-0.15, -0.1) is 0 Å². The van der Waals surface area contributed by atoms with Gasteiger partial charge in [0.2, 0.25) is 5.91 Å². The number of nitrogen functional groups attached to an aromatic ring is 1. The summed E-state index contributed by atoms with van der Waals surface area (Å²) in [5, 5.41) is 2.58. The van der Waals surface area contributed by atoms with Crippen LogP contribution in [0.5, 0.6) is 0 Å². The van der Waals surface area contributed by atoms with E-state index < -0.39 is 11.4 Å². The molecule has 1 aromatic carbocycles. The highest BCUT2D eigenvalue weighted by atomic mass is 16.2. The summed E-state index contributed by atoms with van der Waals surface area (Å²) in [6.07, 6.45) is 0. The van der Waals surface area contributed by atoms with Crippen molar-refractivity contribution in [2.45, 2.75) is 26.3 Å². The summed E-state index contributed by atoms with van der Waals surface area (Å²) in [5.41, 5.74) is 11.5. The number of aryl methyl sites for hydroxylation is 1. The SMILES string of the molecule is Cc1cc(N)ccc1C(=O)NC(C)(C)C(N)=O. The average molecular weight is 235 g/mol. The monoisotopic (exact) mass is 235 g/mol. The second-order valence-electron chi connectivity index (χ2n) is 4.52. The van der Waals surface area contributed by atoms with Crippen molar-refractivity contribution >= 4 is 17.5 Å². The van der Waals surface area contributed by atoms with Crippen molar-refractivity contribution in [3.8, 4) is 0 Å². The molecule has 0 saturated heterocycles. The Hall–Kier alpha value is -2.04. The van der Waals surface area contributed by atoms with E-state index in [1.807, 2.05) is 0 Å². The van der Waals surface area contributed by atoms with Crippen LogP contribution in [-0.4, -0.2) is 17.4 Å². The number of hydrogen-bond donors (Lipinski definition) is 3. The highest BCUT2D eigenvalue weighted by Gasteiger charge is 2.27. The predicted octanol–water partition coefficient (Wildman–Crippen LogP) is 0.571. The zero-order valence-corrected chi connectivity index (χ0v) is 10.2. The third-order valence-corrected chi connectivity index (χ3v) is 2.54. The number of anilines is 1. The van der Waals surface area contributed by atoms with Crippen molar-refractivity contribution < 1.29 is 9.59 Å². The highest BCUT2D eigenvalue weighted by molar-refractivity contribution is 5.99. The Labute approximate surface area is 100 Å². The Bertz CT molecular complexity index is 467. The van der Waals surface area contributed by atoms with Gasteiger partial charge in [-0.05, 0) is 44.5 Å². The van der Waals surface area contributed by atoms with Gasteiger partial charge in [-0.2, -0.15) is 0 Å². The van der Waals surface area contributed by atoms with Gasteiger partial charge in [-0.25, -0.2) is 0 Å². The lowest BCUT2D eigenvalue weighted by atomic mass is 10.0. The molecule has 1 aromatic rings. The predicted molar refractivity (Wildman–Crippen MR) is 66.3 cm³/mol. The van der Waals surface area contributed by atoms with Gasteiger partial charge in [0.05, 0.1) is 0 Å². The largest absolute Gasteiger partial charge is 0.399 e. The van der Waals surface area contributed by atoms with Crippen molar-refractivity contribution in [1.82, 2.24) is 5.32 Å². The molecule has 1 rings (SSSR count). The lowest BCUT2D eigenvalue weighted by Gasteiger charge is -2.22. The molecule has 0 radical (unpaired) electrons. The van der Waals surface area contributed by atoms with Crippen LogP contribution >= 0.6 is 0 Å². The topological polar surface area (TPSA) is 98.2 Å². The molecule has 0 bridgehead atoms. The summed E-state index contributed by atoms with van der Waals surface area (Å²) in [4.78, 5) is 23.1. The van der Waals surface area contributed by atoms with Crippen molar-refractivity contribution in [3.63, 3.8) is 0 Å². The van der Waals surface area contributed by atoms with E-state index in [1.165, 1.54) is 0 Å². The third kappa shape index (κ3) is 2.96. The lowest BCUT2D eigenvalue weighted by molar-refractivity contribution is -0.122. The molecule has 0 fully saturated rings. The van der Waals surface area contributed by atoms with Crippen LogP contribution < -0.4 is 16.8 Å². The highest BCUT2D eigenvalue weighted by Crippen LogP contribution is 2.13. The van der Waals surface area contributed by atoms with E-state index in [4.69, 9.17) is 11.5 Å². The molecule has 5 N–H and O–H groups in total. The van der Waals surface area contributed by atoms with Gasteiger partial charge in [0, 0.05) is 11.3 Å². The first-order chi connectivity index (χ1) is 7.74. The molecule has 0 aromatic heterocycles. The standard InChI is InChI=1S/C12H17N3O2/c1-7-6-8(13)4-5-9(7)10(16)15-12(2,3)11(14)17/h4-6H,13H2,1-3H3,(H2,14,17)(H,15,16). The Balaban J connectivity index is 2.95. The fourth-order valence-electron chi connectivity index (χ4n) is 1.35. The number of carbonyl (C=O) groups excluding carboxylic acids is 2. The Morgan fingerprint density at radius 1 is 1.29 bits per heavy atom. The Kier molecular flexibility index (Phi) is 3.41. The van der Waals surface area contributed by atoms with E-state index in [-0.39, 0.29) is 5.91 Å². The number of rotatable bonds is 3. The molecule has 2 amide bonds. The number of hydrogen-bond acceptors (Lipinski definition) is 3. The summed E-state index contributed by atoms with van der Waals surface area (Å²) in [5.74, 6) is -0.926. The minimum atomic E-state index is -1.08. The molecular formula is C12H17N3O2. The minimum Gasteiger partial charge on any atom is -0.399 e. The van der Waals surface area contributed by atoms with E-state index in [9.17, 15) is 9.59 Å². The van der Waals surface area contributed by atoms with Gasteiger partial charge in [-0.1, -0.05) is 0 Å². The molecule has 0 spiro atoms. The molecule has 5 nitrogen and oxygen atoms in total. The van der Waals surface area contributed by atoms with Crippen LogP contribution in [0.25, 0.3) is 0 Å². The zero-order chi connectivity index (χ0) is 13.2. The van der Waals surface area contributed by atoms with Crippen molar-refractivity contribution in [2.24, 2.45) is 5.73 Å². The Morgan fingerprint density at radius 2 is 1.88 bits per heavy atom. The molecule has 0 unspecified atom stereocenters. The quantitative estimate of drug-likeness (QED) is 0.668. The number of carbonyl (C=O) groups is 2. The van der Waals surface area contributed by atoms with E-state index in [1.54, 1.807) is 39.0 Å². The maximum absolute atomic E-state index is 11.9. The summed E-state index contributed by atoms with van der Waals surface area (Å²) >= 11 is 0. The van der Waals surface area contributed by atoms with E-state index in [0.717, 1.165) is 5.56 Å². The van der Waals surface area contributed by atoms with Crippen molar-refractivity contribution in [3.05, 3.63) is 29.3 Å². The van der Waals surface area contributed by atoms with Gasteiger partial charge in [0.15, 0.2) is 0 Å². The molecule has 0 aliphatic rings. The fourth-order valence-corrected chi connectivity index (χ4v) is 1.35. The first-order valence-corrected chi connectivity index (χ1v) is 5.22. The molecule has 0 atom stereocenters. The van der Waals surface area contributed by atoms with Crippen LogP contribution in [0.2, 0.25) is 0 Å². The van der Waals surface area contributed by atoms with Gasteiger partial charge < -0.3 is 16.8 Å². The molecule has 0 saturated carbocycles. The second kappa shape index (κ2) is 4.45. The van der Waals surface area contributed by atoms with E-state index >= 15 is 0 Å². The van der Waals surface area contributed by atoms with E-state index in [0.29, 0.717) is 11.3 Å². The molecule has 17 heavy (non-hydrogen) atoms. The normalized spacial score (nSPS) is 11.0. The Morgan fingerprint density at radius 3 is 2.35 bits per heavy atom. The first-order valence-electron chi connectivity index (χ1n) is 5.22.